The minimum absolute atomic E-state index is 0.0110. The van der Waals surface area contributed by atoms with Gasteiger partial charge >= 0.3 is 0 Å². The molecule has 1 aromatic heterocycles. The summed E-state index contributed by atoms with van der Waals surface area (Å²) in [5.41, 5.74) is 0.857. The van der Waals surface area contributed by atoms with Crippen LogP contribution in [0.3, 0.4) is 0 Å². The molecule has 96 valence electrons. The molecule has 2 aromatic rings. The zero-order valence-electron chi connectivity index (χ0n) is 10.2. The smallest absolute Gasteiger partial charge is 0.142 e. The summed E-state index contributed by atoms with van der Waals surface area (Å²) in [6.45, 7) is 3.98. The van der Waals surface area contributed by atoms with Crippen LogP contribution in [0.2, 0.25) is 5.02 Å². The van der Waals surface area contributed by atoms with Crippen LogP contribution in [-0.2, 0) is 0 Å². The summed E-state index contributed by atoms with van der Waals surface area (Å²) in [7, 11) is 0. The fourth-order valence-corrected chi connectivity index (χ4v) is 1.96. The van der Waals surface area contributed by atoms with Crippen molar-refractivity contribution in [3.63, 3.8) is 0 Å². The molecule has 0 aliphatic rings. The molecule has 3 nitrogen and oxygen atoms in total. The van der Waals surface area contributed by atoms with Gasteiger partial charge in [0.2, 0.25) is 0 Å². The minimum Gasteiger partial charge on any atom is -0.347 e. The molecule has 1 aromatic carbocycles. The van der Waals surface area contributed by atoms with E-state index in [9.17, 15) is 4.39 Å². The molecular weight excluding hydrogens is 253 g/mol. The van der Waals surface area contributed by atoms with Gasteiger partial charge in [-0.05, 0) is 31.5 Å². The number of hydrogen-bond acceptors (Lipinski definition) is 2. The van der Waals surface area contributed by atoms with Crippen LogP contribution in [0.25, 0.3) is 0 Å². The van der Waals surface area contributed by atoms with Crippen molar-refractivity contribution in [2.45, 2.75) is 25.9 Å². The predicted molar refractivity (Wildman–Crippen MR) is 70.0 cm³/mol. The summed E-state index contributed by atoms with van der Waals surface area (Å²) in [5, 5.41) is 3.49. The summed E-state index contributed by atoms with van der Waals surface area (Å²) in [4.78, 5) is 7.23. The molecular formula is C13H15ClFN3. The van der Waals surface area contributed by atoms with Crippen molar-refractivity contribution in [3.05, 3.63) is 52.8 Å². The number of benzene rings is 1. The monoisotopic (exact) mass is 267 g/mol. The van der Waals surface area contributed by atoms with Gasteiger partial charge in [-0.2, -0.15) is 0 Å². The Balaban J connectivity index is 2.07. The van der Waals surface area contributed by atoms with Gasteiger partial charge in [0.15, 0.2) is 0 Å². The van der Waals surface area contributed by atoms with Gasteiger partial charge in [0.25, 0.3) is 0 Å². The van der Waals surface area contributed by atoms with Crippen LogP contribution >= 0.6 is 11.6 Å². The predicted octanol–water partition coefficient (Wildman–Crippen LogP) is 3.61. The van der Waals surface area contributed by atoms with Gasteiger partial charge in [0.1, 0.15) is 11.6 Å². The highest BCUT2D eigenvalue weighted by Crippen LogP contribution is 2.22. The van der Waals surface area contributed by atoms with Crippen LogP contribution in [0, 0.1) is 5.82 Å². The lowest BCUT2D eigenvalue weighted by molar-refractivity contribution is 0.477. The maximum Gasteiger partial charge on any atom is 0.142 e. The molecule has 2 N–H and O–H groups in total. The topological polar surface area (TPSA) is 40.7 Å². The van der Waals surface area contributed by atoms with Gasteiger partial charge in [-0.15, -0.1) is 0 Å². The van der Waals surface area contributed by atoms with Gasteiger partial charge in [-0.1, -0.05) is 17.7 Å². The third kappa shape index (κ3) is 2.89. The molecule has 0 bridgehead atoms. The van der Waals surface area contributed by atoms with E-state index in [-0.39, 0.29) is 17.1 Å². The normalized spacial score (nSPS) is 14.4. The van der Waals surface area contributed by atoms with E-state index in [2.05, 4.69) is 15.3 Å². The van der Waals surface area contributed by atoms with Crippen LogP contribution in [0.1, 0.15) is 37.3 Å². The first kappa shape index (κ1) is 13.1. The van der Waals surface area contributed by atoms with Crippen molar-refractivity contribution in [3.8, 4) is 0 Å². The maximum atomic E-state index is 13.4. The van der Waals surface area contributed by atoms with E-state index in [1.54, 1.807) is 18.5 Å². The second-order valence-corrected chi connectivity index (χ2v) is 4.67. The quantitative estimate of drug-likeness (QED) is 0.888. The number of hydrogen-bond donors (Lipinski definition) is 2. The minimum atomic E-state index is -0.395. The van der Waals surface area contributed by atoms with Crippen molar-refractivity contribution in [2.24, 2.45) is 0 Å². The molecule has 0 saturated heterocycles. The van der Waals surface area contributed by atoms with E-state index in [1.165, 1.54) is 6.07 Å². The standard InChI is InChI=1S/C13H15ClFN3/c1-8(10-3-4-11(14)12(15)7-10)18-9(2)13-16-5-6-17-13/h3-9,18H,1-2H3,(H,16,17). The number of nitrogens with one attached hydrogen (secondary N) is 2. The highest BCUT2D eigenvalue weighted by Gasteiger charge is 2.13. The summed E-state index contributed by atoms with van der Waals surface area (Å²) >= 11 is 5.66. The van der Waals surface area contributed by atoms with Gasteiger partial charge in [0, 0.05) is 18.4 Å². The summed E-state index contributed by atoms with van der Waals surface area (Å²) in [5.74, 6) is 0.463. The maximum absolute atomic E-state index is 13.4. The SMILES string of the molecule is CC(NC(C)c1ncc[nH]1)c1ccc(Cl)c(F)c1. The van der Waals surface area contributed by atoms with Crippen molar-refractivity contribution in [1.82, 2.24) is 15.3 Å². The first-order valence-corrected chi connectivity index (χ1v) is 6.16. The van der Waals surface area contributed by atoms with Crippen LogP contribution < -0.4 is 5.32 Å². The molecule has 0 aliphatic carbocycles. The molecule has 0 fully saturated rings. The average molecular weight is 268 g/mol. The van der Waals surface area contributed by atoms with Gasteiger partial charge in [-0.3, -0.25) is 0 Å². The average Bonchev–Trinajstić information content (AvgIpc) is 2.86. The number of nitrogens with zero attached hydrogens (tertiary/aromatic N) is 1. The van der Waals surface area contributed by atoms with Crippen molar-refractivity contribution in [1.29, 1.82) is 0 Å². The molecule has 2 atom stereocenters. The Hall–Kier alpha value is -1.39. The number of imidazole rings is 1. The van der Waals surface area contributed by atoms with E-state index in [4.69, 9.17) is 11.6 Å². The second-order valence-electron chi connectivity index (χ2n) is 4.26. The lowest BCUT2D eigenvalue weighted by Gasteiger charge is -2.19. The molecule has 5 heteroatoms. The Morgan fingerprint density at radius 2 is 2.11 bits per heavy atom. The zero-order chi connectivity index (χ0) is 13.1. The molecule has 0 aliphatic heterocycles. The fraction of sp³-hybridized carbons (Fsp3) is 0.308. The van der Waals surface area contributed by atoms with Gasteiger partial charge in [-0.25, -0.2) is 9.37 Å². The Labute approximate surface area is 110 Å². The van der Waals surface area contributed by atoms with Crippen LogP contribution in [0.15, 0.2) is 30.6 Å². The highest BCUT2D eigenvalue weighted by molar-refractivity contribution is 6.30. The molecule has 0 saturated carbocycles. The Morgan fingerprint density at radius 1 is 1.33 bits per heavy atom. The van der Waals surface area contributed by atoms with Gasteiger partial charge < -0.3 is 10.3 Å². The number of aromatic amines is 1. The Kier molecular flexibility index (Phi) is 3.99. The van der Waals surface area contributed by atoms with Crippen molar-refractivity contribution >= 4 is 11.6 Å². The lowest BCUT2D eigenvalue weighted by atomic mass is 10.1. The molecule has 18 heavy (non-hydrogen) atoms. The Morgan fingerprint density at radius 3 is 2.72 bits per heavy atom. The largest absolute Gasteiger partial charge is 0.347 e. The first-order valence-electron chi connectivity index (χ1n) is 5.78. The third-order valence-corrected chi connectivity index (χ3v) is 3.18. The molecule has 0 radical (unpaired) electrons. The van der Waals surface area contributed by atoms with Crippen molar-refractivity contribution < 1.29 is 4.39 Å². The summed E-state index contributed by atoms with van der Waals surface area (Å²) < 4.78 is 13.4. The molecule has 0 amide bonds. The zero-order valence-corrected chi connectivity index (χ0v) is 11.0. The first-order chi connectivity index (χ1) is 8.58. The summed E-state index contributed by atoms with van der Waals surface area (Å²) in [6.07, 6.45) is 3.49. The molecule has 1 heterocycles. The molecule has 2 unspecified atom stereocenters. The van der Waals surface area contributed by atoms with Gasteiger partial charge in [0.05, 0.1) is 11.1 Å². The Bertz CT molecular complexity index is 513. The van der Waals surface area contributed by atoms with E-state index >= 15 is 0 Å². The van der Waals surface area contributed by atoms with Crippen LogP contribution in [-0.4, -0.2) is 9.97 Å². The fourth-order valence-electron chi connectivity index (χ4n) is 1.85. The summed E-state index contributed by atoms with van der Waals surface area (Å²) in [6, 6.07) is 4.92. The number of halogens is 2. The van der Waals surface area contributed by atoms with E-state index in [0.717, 1.165) is 11.4 Å². The number of rotatable bonds is 4. The van der Waals surface area contributed by atoms with Crippen LogP contribution in [0.5, 0.6) is 0 Å². The number of aromatic nitrogens is 2. The van der Waals surface area contributed by atoms with Crippen molar-refractivity contribution in [2.75, 3.05) is 0 Å². The molecule has 0 spiro atoms. The van der Waals surface area contributed by atoms with Crippen LogP contribution in [0.4, 0.5) is 4.39 Å². The molecule has 2 rings (SSSR count). The number of H-pyrrole nitrogens is 1. The third-order valence-electron chi connectivity index (χ3n) is 2.87. The highest BCUT2D eigenvalue weighted by atomic mass is 35.5. The van der Waals surface area contributed by atoms with E-state index < -0.39 is 5.82 Å². The second kappa shape index (κ2) is 5.50. The lowest BCUT2D eigenvalue weighted by Crippen LogP contribution is -2.23. The van der Waals surface area contributed by atoms with E-state index in [1.807, 2.05) is 19.9 Å². The van der Waals surface area contributed by atoms with E-state index in [0.29, 0.717) is 0 Å².